The largest absolute Gasteiger partial charge is 0.416 e. The first-order chi connectivity index (χ1) is 12.3. The van der Waals surface area contributed by atoms with Crippen LogP contribution < -0.4 is 0 Å². The number of halogens is 3. The van der Waals surface area contributed by atoms with Gasteiger partial charge in [0.1, 0.15) is 0 Å². The molecule has 0 spiro atoms. The molecule has 0 heterocycles. The summed E-state index contributed by atoms with van der Waals surface area (Å²) in [5, 5.41) is 0. The Balaban J connectivity index is 0.00000146. The van der Waals surface area contributed by atoms with Crippen molar-refractivity contribution in [3.8, 4) is 0 Å². The van der Waals surface area contributed by atoms with Crippen LogP contribution in [0.15, 0.2) is 48.5 Å². The molecule has 0 saturated carbocycles. The highest BCUT2D eigenvalue weighted by Crippen LogP contribution is 2.30. The van der Waals surface area contributed by atoms with E-state index in [0.717, 1.165) is 11.6 Å². The molecule has 0 aliphatic rings. The van der Waals surface area contributed by atoms with Gasteiger partial charge in [-0.2, -0.15) is 13.2 Å². The van der Waals surface area contributed by atoms with Crippen molar-refractivity contribution in [3.05, 3.63) is 70.8 Å². The van der Waals surface area contributed by atoms with Gasteiger partial charge in [-0.3, -0.25) is 4.90 Å². The first kappa shape index (κ1) is 24.2. The summed E-state index contributed by atoms with van der Waals surface area (Å²) in [6.07, 6.45) is -4.29. The van der Waals surface area contributed by atoms with Gasteiger partial charge in [0.15, 0.2) is 0 Å². The molecule has 1 nitrogen and oxygen atoms in total. The second kappa shape index (κ2) is 11.7. The molecular formula is C22H32F3N. The van der Waals surface area contributed by atoms with Crippen molar-refractivity contribution in [2.24, 2.45) is 0 Å². The van der Waals surface area contributed by atoms with Gasteiger partial charge in [0, 0.05) is 12.6 Å². The van der Waals surface area contributed by atoms with Crippen LogP contribution in [0.4, 0.5) is 13.2 Å². The van der Waals surface area contributed by atoms with Gasteiger partial charge in [-0.05, 0) is 38.1 Å². The Kier molecular flexibility index (Phi) is 10.9. The number of rotatable bonds is 4. The molecule has 0 radical (unpaired) electrons. The minimum atomic E-state index is -4.29. The Morgan fingerprint density at radius 2 is 1.46 bits per heavy atom. The molecule has 146 valence electrons. The van der Waals surface area contributed by atoms with E-state index >= 15 is 0 Å². The fraction of sp³-hybridized carbons (Fsp3) is 0.455. The molecule has 0 N–H and O–H groups in total. The third kappa shape index (κ3) is 7.61. The van der Waals surface area contributed by atoms with Crippen molar-refractivity contribution in [1.29, 1.82) is 0 Å². The number of hydrogen-bond acceptors (Lipinski definition) is 1. The Morgan fingerprint density at radius 3 is 1.96 bits per heavy atom. The second-order valence-corrected chi connectivity index (χ2v) is 5.70. The first-order valence-electron chi connectivity index (χ1n) is 9.20. The second-order valence-electron chi connectivity index (χ2n) is 5.70. The zero-order chi connectivity index (χ0) is 20.3. The number of hydrogen-bond donors (Lipinski definition) is 0. The van der Waals surface area contributed by atoms with E-state index in [1.54, 1.807) is 6.07 Å². The molecule has 1 unspecified atom stereocenters. The van der Waals surface area contributed by atoms with E-state index in [4.69, 9.17) is 0 Å². The standard InChI is InChI=1S/C18H20F3N.2C2H6/c1-13-7-9-16(10-8-13)14(2)22(3)12-15-5-4-6-17(11-15)18(19,20)21;2*1-2/h4-11,14H,12H2,1-3H3;2*1-2H3. The average Bonchev–Trinajstić information content (AvgIpc) is 2.64. The summed E-state index contributed by atoms with van der Waals surface area (Å²) in [4.78, 5) is 2.04. The monoisotopic (exact) mass is 367 g/mol. The number of nitrogens with zero attached hydrogens (tertiary/aromatic N) is 1. The van der Waals surface area contributed by atoms with Gasteiger partial charge in [-0.25, -0.2) is 0 Å². The highest BCUT2D eigenvalue weighted by Gasteiger charge is 2.30. The number of alkyl halides is 3. The third-order valence-corrected chi connectivity index (χ3v) is 3.91. The van der Waals surface area contributed by atoms with E-state index in [2.05, 4.69) is 19.1 Å². The zero-order valence-electron chi connectivity index (χ0n) is 17.0. The molecule has 4 heteroatoms. The molecule has 0 fully saturated rings. The lowest BCUT2D eigenvalue weighted by atomic mass is 10.0. The van der Waals surface area contributed by atoms with Crippen molar-refractivity contribution >= 4 is 0 Å². The molecule has 2 rings (SSSR count). The Labute approximate surface area is 156 Å². The van der Waals surface area contributed by atoms with Crippen LogP contribution in [-0.4, -0.2) is 11.9 Å². The van der Waals surface area contributed by atoms with Crippen molar-refractivity contribution in [2.75, 3.05) is 7.05 Å². The highest BCUT2D eigenvalue weighted by atomic mass is 19.4. The van der Waals surface area contributed by atoms with Crippen LogP contribution in [-0.2, 0) is 12.7 Å². The number of benzene rings is 2. The fourth-order valence-electron chi connectivity index (χ4n) is 2.37. The highest BCUT2D eigenvalue weighted by molar-refractivity contribution is 5.27. The quantitative estimate of drug-likeness (QED) is 0.549. The lowest BCUT2D eigenvalue weighted by Gasteiger charge is -2.25. The van der Waals surface area contributed by atoms with Gasteiger partial charge in [-0.15, -0.1) is 0 Å². The summed E-state index contributed by atoms with van der Waals surface area (Å²) in [5.74, 6) is 0. The van der Waals surface area contributed by atoms with Crippen LogP contribution in [0.1, 0.15) is 62.9 Å². The zero-order valence-corrected chi connectivity index (χ0v) is 17.0. The predicted octanol–water partition coefficient (Wildman–Crippen LogP) is 7.26. The Hall–Kier alpha value is -1.81. The minimum absolute atomic E-state index is 0.134. The third-order valence-electron chi connectivity index (χ3n) is 3.91. The van der Waals surface area contributed by atoms with Gasteiger partial charge in [-0.1, -0.05) is 75.7 Å². The SMILES string of the molecule is CC.CC.Cc1ccc(C(C)N(C)Cc2cccc(C(F)(F)F)c2)cc1. The average molecular weight is 367 g/mol. The molecule has 0 saturated heterocycles. The van der Waals surface area contributed by atoms with E-state index in [-0.39, 0.29) is 6.04 Å². The van der Waals surface area contributed by atoms with Crippen molar-refractivity contribution < 1.29 is 13.2 Å². The molecule has 1 atom stereocenters. The maximum atomic E-state index is 12.8. The summed E-state index contributed by atoms with van der Waals surface area (Å²) in [5.41, 5.74) is 2.41. The van der Waals surface area contributed by atoms with Gasteiger partial charge >= 0.3 is 6.18 Å². The Morgan fingerprint density at radius 1 is 0.923 bits per heavy atom. The van der Waals surface area contributed by atoms with E-state index in [0.29, 0.717) is 12.1 Å². The molecular weight excluding hydrogens is 335 g/mol. The van der Waals surface area contributed by atoms with Gasteiger partial charge in [0.25, 0.3) is 0 Å². The van der Waals surface area contributed by atoms with Crippen molar-refractivity contribution in [2.45, 2.75) is 60.3 Å². The van der Waals surface area contributed by atoms with Gasteiger partial charge < -0.3 is 0 Å². The van der Waals surface area contributed by atoms with Crippen LogP contribution >= 0.6 is 0 Å². The topological polar surface area (TPSA) is 3.24 Å². The lowest BCUT2D eigenvalue weighted by Crippen LogP contribution is -2.22. The summed E-state index contributed by atoms with van der Waals surface area (Å²) < 4.78 is 38.3. The van der Waals surface area contributed by atoms with E-state index in [1.165, 1.54) is 17.7 Å². The smallest absolute Gasteiger partial charge is 0.295 e. The molecule has 26 heavy (non-hydrogen) atoms. The van der Waals surface area contributed by atoms with Gasteiger partial charge in [0.2, 0.25) is 0 Å². The molecule has 2 aromatic rings. The summed E-state index contributed by atoms with van der Waals surface area (Å²) >= 11 is 0. The summed E-state index contributed by atoms with van der Waals surface area (Å²) in [7, 11) is 1.92. The number of aryl methyl sites for hydroxylation is 1. The maximum absolute atomic E-state index is 12.8. The molecule has 0 aliphatic carbocycles. The van der Waals surface area contributed by atoms with Crippen LogP contribution in [0, 0.1) is 6.92 Å². The molecule has 2 aromatic carbocycles. The lowest BCUT2D eigenvalue weighted by molar-refractivity contribution is -0.137. The molecule has 0 bridgehead atoms. The summed E-state index contributed by atoms with van der Waals surface area (Å²) in [6.45, 7) is 12.6. The first-order valence-corrected chi connectivity index (χ1v) is 9.20. The molecule has 0 aliphatic heterocycles. The fourth-order valence-corrected chi connectivity index (χ4v) is 2.37. The van der Waals surface area contributed by atoms with E-state index in [1.807, 2.05) is 58.7 Å². The van der Waals surface area contributed by atoms with Crippen LogP contribution in [0.2, 0.25) is 0 Å². The van der Waals surface area contributed by atoms with Crippen LogP contribution in [0.5, 0.6) is 0 Å². The van der Waals surface area contributed by atoms with Crippen molar-refractivity contribution in [1.82, 2.24) is 4.90 Å². The maximum Gasteiger partial charge on any atom is 0.416 e. The Bertz CT molecular complexity index is 618. The molecule has 0 amide bonds. The minimum Gasteiger partial charge on any atom is -0.295 e. The predicted molar refractivity (Wildman–Crippen MR) is 105 cm³/mol. The summed E-state index contributed by atoms with van der Waals surface area (Å²) in [6, 6.07) is 13.9. The normalized spacial score (nSPS) is 11.8. The van der Waals surface area contributed by atoms with Crippen LogP contribution in [0.3, 0.4) is 0 Å². The van der Waals surface area contributed by atoms with Crippen molar-refractivity contribution in [3.63, 3.8) is 0 Å². The van der Waals surface area contributed by atoms with E-state index < -0.39 is 11.7 Å². The van der Waals surface area contributed by atoms with Gasteiger partial charge in [0.05, 0.1) is 5.56 Å². The molecule has 0 aromatic heterocycles. The van der Waals surface area contributed by atoms with Crippen LogP contribution in [0.25, 0.3) is 0 Å². The van der Waals surface area contributed by atoms with E-state index in [9.17, 15) is 13.2 Å².